The van der Waals surface area contributed by atoms with E-state index in [2.05, 4.69) is 20.5 Å². The number of rotatable bonds is 15. The number of hydrogen-bond donors (Lipinski definition) is 3. The molecule has 9 heteroatoms. The Morgan fingerprint density at radius 2 is 1.46 bits per heavy atom. The van der Waals surface area contributed by atoms with Crippen molar-refractivity contribution in [3.05, 3.63) is 137 Å². The molecule has 1 amide bonds. The lowest BCUT2D eigenvalue weighted by Gasteiger charge is -2.23. The summed E-state index contributed by atoms with van der Waals surface area (Å²) in [6, 6.07) is 32.7. The fraction of sp³-hybridized carbons (Fsp3) is 0.231. The molecule has 0 unspecified atom stereocenters. The largest absolute Gasteiger partial charge is 0.481 e. The first-order chi connectivity index (χ1) is 23.2. The molecule has 0 radical (unpaired) electrons. The van der Waals surface area contributed by atoms with Crippen LogP contribution in [0.3, 0.4) is 0 Å². The standard InChI is InChI=1S/C39H40N4O5/c1-3-48-38(46)23-29-10-7-12-31(21-29)26-43(25-30-11-6-9-28(20-30)22-37(44)45)18-17-40-39(47)32-13-8-14-33(24-32)42-36-19-27(2)41-35-16-5-4-15-34(35)36/h4-16,19-21,24H,3,17-18,22-23,25-26H2,1-2H3,(H,40,47)(H,41,42)(H,44,45). The molecule has 9 nitrogen and oxygen atoms in total. The Labute approximate surface area is 280 Å². The van der Waals surface area contributed by atoms with Crippen LogP contribution in [0.25, 0.3) is 10.9 Å². The van der Waals surface area contributed by atoms with Gasteiger partial charge in [0.05, 0.1) is 25.0 Å². The van der Waals surface area contributed by atoms with Crippen molar-refractivity contribution in [2.75, 3.05) is 25.0 Å². The summed E-state index contributed by atoms with van der Waals surface area (Å²) in [5, 5.41) is 16.8. The van der Waals surface area contributed by atoms with Gasteiger partial charge in [0, 0.05) is 54.2 Å². The molecule has 3 N–H and O–H groups in total. The van der Waals surface area contributed by atoms with Gasteiger partial charge in [0.1, 0.15) is 0 Å². The van der Waals surface area contributed by atoms with E-state index in [1.54, 1.807) is 13.0 Å². The number of anilines is 2. The molecule has 4 aromatic carbocycles. The van der Waals surface area contributed by atoms with Crippen LogP contribution in [0, 0.1) is 6.92 Å². The molecule has 1 aromatic heterocycles. The third kappa shape index (κ3) is 9.73. The van der Waals surface area contributed by atoms with Crippen LogP contribution >= 0.6 is 0 Å². The number of carboxylic acids is 1. The van der Waals surface area contributed by atoms with Crippen molar-refractivity contribution < 1.29 is 24.2 Å². The quantitative estimate of drug-likeness (QED) is 0.111. The molecule has 0 aliphatic heterocycles. The Morgan fingerprint density at radius 3 is 2.17 bits per heavy atom. The molecule has 0 fully saturated rings. The summed E-state index contributed by atoms with van der Waals surface area (Å²) in [7, 11) is 0. The van der Waals surface area contributed by atoms with Crippen molar-refractivity contribution in [3.8, 4) is 0 Å². The predicted molar refractivity (Wildman–Crippen MR) is 187 cm³/mol. The third-order valence-corrected chi connectivity index (χ3v) is 7.77. The highest BCUT2D eigenvalue weighted by Gasteiger charge is 2.13. The van der Waals surface area contributed by atoms with Crippen LogP contribution in [0.5, 0.6) is 0 Å². The topological polar surface area (TPSA) is 121 Å². The van der Waals surface area contributed by atoms with Crippen LogP contribution in [0.2, 0.25) is 0 Å². The van der Waals surface area contributed by atoms with E-state index in [4.69, 9.17) is 4.74 Å². The van der Waals surface area contributed by atoms with Gasteiger partial charge in [-0.05, 0) is 66.4 Å². The zero-order valence-corrected chi connectivity index (χ0v) is 27.2. The van der Waals surface area contributed by atoms with Crippen LogP contribution in [0.4, 0.5) is 11.4 Å². The van der Waals surface area contributed by atoms with Crippen molar-refractivity contribution in [1.29, 1.82) is 0 Å². The van der Waals surface area contributed by atoms with Crippen molar-refractivity contribution in [1.82, 2.24) is 15.2 Å². The fourth-order valence-electron chi connectivity index (χ4n) is 5.69. The summed E-state index contributed by atoms with van der Waals surface area (Å²) >= 11 is 0. The van der Waals surface area contributed by atoms with Crippen molar-refractivity contribution in [2.45, 2.75) is 39.8 Å². The second-order valence-corrected chi connectivity index (χ2v) is 11.7. The monoisotopic (exact) mass is 644 g/mol. The molecule has 0 bridgehead atoms. The van der Waals surface area contributed by atoms with Gasteiger partial charge in [-0.3, -0.25) is 24.3 Å². The number of para-hydroxylation sites is 1. The van der Waals surface area contributed by atoms with Crippen LogP contribution in [-0.2, 0) is 40.3 Å². The molecule has 5 aromatic rings. The highest BCUT2D eigenvalue weighted by Crippen LogP contribution is 2.27. The number of pyridine rings is 1. The van der Waals surface area contributed by atoms with E-state index in [-0.39, 0.29) is 24.7 Å². The number of carbonyl (C=O) groups excluding carboxylic acids is 2. The van der Waals surface area contributed by atoms with Crippen molar-refractivity contribution >= 4 is 40.1 Å². The molecule has 1 heterocycles. The summed E-state index contributed by atoms with van der Waals surface area (Å²) < 4.78 is 5.12. The minimum absolute atomic E-state index is 0.0509. The average Bonchev–Trinajstić information content (AvgIpc) is 3.05. The molecular formula is C39H40N4O5. The predicted octanol–water partition coefficient (Wildman–Crippen LogP) is 6.45. The first-order valence-electron chi connectivity index (χ1n) is 16.0. The Bertz CT molecular complexity index is 1910. The second kappa shape index (κ2) is 16.3. The average molecular weight is 645 g/mol. The maximum absolute atomic E-state index is 13.3. The maximum atomic E-state index is 13.3. The number of aryl methyl sites for hydroxylation is 1. The van der Waals surface area contributed by atoms with Crippen LogP contribution in [0.1, 0.15) is 45.2 Å². The highest BCUT2D eigenvalue weighted by atomic mass is 16.5. The molecule has 0 saturated heterocycles. The van der Waals surface area contributed by atoms with Gasteiger partial charge in [0.25, 0.3) is 5.91 Å². The molecule has 5 rings (SSSR count). The smallest absolute Gasteiger partial charge is 0.310 e. The molecular weight excluding hydrogens is 604 g/mol. The number of ether oxygens (including phenoxy) is 1. The molecule has 0 saturated carbocycles. The molecule has 0 spiro atoms. The van der Waals surface area contributed by atoms with E-state index >= 15 is 0 Å². The maximum Gasteiger partial charge on any atom is 0.310 e. The van der Waals surface area contributed by atoms with Gasteiger partial charge in [-0.25, -0.2) is 0 Å². The number of aliphatic carboxylic acids is 1. The van der Waals surface area contributed by atoms with Gasteiger partial charge in [-0.2, -0.15) is 0 Å². The summed E-state index contributed by atoms with van der Waals surface area (Å²) in [6.45, 7) is 6.12. The number of benzene rings is 4. The molecule has 0 atom stereocenters. The number of hydrogen-bond acceptors (Lipinski definition) is 7. The third-order valence-electron chi connectivity index (χ3n) is 7.77. The number of esters is 1. The zero-order chi connectivity index (χ0) is 33.9. The number of fused-ring (bicyclic) bond motifs is 1. The van der Waals surface area contributed by atoms with Gasteiger partial charge < -0.3 is 20.5 Å². The van der Waals surface area contributed by atoms with Gasteiger partial charge in [0.2, 0.25) is 0 Å². The van der Waals surface area contributed by atoms with E-state index < -0.39 is 5.97 Å². The molecule has 246 valence electrons. The Hall–Kier alpha value is -5.54. The summed E-state index contributed by atoms with van der Waals surface area (Å²) in [5.74, 6) is -1.34. The van der Waals surface area contributed by atoms with Crippen molar-refractivity contribution in [2.24, 2.45) is 0 Å². The number of amides is 1. The van der Waals surface area contributed by atoms with Crippen LogP contribution < -0.4 is 10.6 Å². The fourth-order valence-corrected chi connectivity index (χ4v) is 5.69. The van der Waals surface area contributed by atoms with Crippen LogP contribution in [-0.4, -0.2) is 52.5 Å². The molecule has 0 aliphatic carbocycles. The minimum atomic E-state index is -0.881. The highest BCUT2D eigenvalue weighted by molar-refractivity contribution is 5.96. The summed E-state index contributed by atoms with van der Waals surface area (Å²) in [4.78, 5) is 43.5. The number of nitrogens with zero attached hydrogens (tertiary/aromatic N) is 2. The zero-order valence-electron chi connectivity index (χ0n) is 27.2. The number of nitrogens with one attached hydrogen (secondary N) is 2. The Kier molecular flexibility index (Phi) is 11.5. The van der Waals surface area contributed by atoms with Gasteiger partial charge in [-0.1, -0.05) is 72.8 Å². The van der Waals surface area contributed by atoms with E-state index in [1.165, 1.54) is 0 Å². The first kappa shape index (κ1) is 33.8. The van der Waals surface area contributed by atoms with Gasteiger partial charge in [-0.15, -0.1) is 0 Å². The number of aromatic nitrogens is 1. The first-order valence-corrected chi connectivity index (χ1v) is 16.0. The Balaban J connectivity index is 1.27. The lowest BCUT2D eigenvalue weighted by Crippen LogP contribution is -2.34. The van der Waals surface area contributed by atoms with Crippen LogP contribution in [0.15, 0.2) is 103 Å². The normalized spacial score (nSPS) is 11.0. The second-order valence-electron chi connectivity index (χ2n) is 11.7. The molecule has 0 aliphatic rings. The van der Waals surface area contributed by atoms with Gasteiger partial charge in [0.15, 0.2) is 0 Å². The SMILES string of the molecule is CCOC(=O)Cc1cccc(CN(CCNC(=O)c2cccc(Nc3cc(C)nc4ccccc34)c2)Cc2cccc(CC(=O)O)c2)c1. The van der Waals surface area contributed by atoms with E-state index in [9.17, 15) is 19.5 Å². The number of carbonyl (C=O) groups is 3. The van der Waals surface area contributed by atoms with Crippen molar-refractivity contribution in [3.63, 3.8) is 0 Å². The summed E-state index contributed by atoms with van der Waals surface area (Å²) in [5.41, 5.74) is 7.64. The Morgan fingerprint density at radius 1 is 0.792 bits per heavy atom. The van der Waals surface area contributed by atoms with E-state index in [0.29, 0.717) is 38.3 Å². The molecule has 48 heavy (non-hydrogen) atoms. The van der Waals surface area contributed by atoms with Gasteiger partial charge >= 0.3 is 11.9 Å². The van der Waals surface area contributed by atoms with E-state index in [1.807, 2.05) is 104 Å². The lowest BCUT2D eigenvalue weighted by atomic mass is 10.1. The summed E-state index contributed by atoms with van der Waals surface area (Å²) in [6.07, 6.45) is 0.143. The number of carboxylic acid groups (broad SMARTS) is 1. The minimum Gasteiger partial charge on any atom is -0.481 e. The lowest BCUT2D eigenvalue weighted by molar-refractivity contribution is -0.142. The van der Waals surface area contributed by atoms with E-state index in [0.717, 1.165) is 50.2 Å².